The first kappa shape index (κ1) is 10.1. The Morgan fingerprint density at radius 3 is 2.69 bits per heavy atom. The molecule has 0 unspecified atom stereocenters. The molecule has 0 atom stereocenters. The Kier molecular flexibility index (Phi) is 4.32. The molecule has 1 aromatic carbocycles. The summed E-state index contributed by atoms with van der Waals surface area (Å²) in [5.41, 5.74) is 1.27. The highest BCUT2D eigenvalue weighted by molar-refractivity contribution is 7.98. The van der Waals surface area contributed by atoms with E-state index < -0.39 is 0 Å². The fourth-order valence-electron chi connectivity index (χ4n) is 0.893. The minimum Gasteiger partial charge on any atom is -0.254 e. The fraction of sp³-hybridized carbons (Fsp3) is 0.333. The molecule has 0 saturated heterocycles. The summed E-state index contributed by atoms with van der Waals surface area (Å²) in [6.07, 6.45) is 0. The molecule has 13 heavy (non-hydrogen) atoms. The summed E-state index contributed by atoms with van der Waals surface area (Å²) in [5.74, 6) is 1.55. The van der Waals surface area contributed by atoms with Gasteiger partial charge in [0.2, 0.25) is 0 Å². The van der Waals surface area contributed by atoms with E-state index in [9.17, 15) is 4.91 Å². The van der Waals surface area contributed by atoms with Crippen molar-refractivity contribution >= 4 is 11.8 Å². The Labute approximate surface area is 82.1 Å². The highest BCUT2D eigenvalue weighted by Crippen LogP contribution is 2.12. The molecule has 0 aliphatic carbocycles. The first-order valence-corrected chi connectivity index (χ1v) is 5.14. The molecule has 0 heterocycles. The van der Waals surface area contributed by atoms with Crippen LogP contribution >= 0.6 is 11.8 Å². The Hall–Kier alpha value is -1.03. The molecule has 0 saturated carbocycles. The minimum absolute atomic E-state index is 0.637. The van der Waals surface area contributed by atoms with Crippen LogP contribution in [0.4, 0.5) is 0 Å². The zero-order chi connectivity index (χ0) is 9.52. The number of thioether (sulfide) groups is 1. The zero-order valence-corrected chi connectivity index (χ0v) is 8.33. The maximum Gasteiger partial charge on any atom is 0.0846 e. The number of benzene rings is 1. The molecular weight excluding hydrogens is 184 g/mol. The number of nitroso groups, excluding NO2 is 1. The van der Waals surface area contributed by atoms with Crippen LogP contribution in [0.3, 0.4) is 0 Å². The summed E-state index contributed by atoms with van der Waals surface area (Å²) in [6, 6.07) is 10.2. The average Bonchev–Trinajstić information content (AvgIpc) is 2.19. The summed E-state index contributed by atoms with van der Waals surface area (Å²) in [7, 11) is 1.67. The first-order valence-electron chi connectivity index (χ1n) is 3.99. The lowest BCUT2D eigenvalue weighted by Gasteiger charge is -2.07. The van der Waals surface area contributed by atoms with E-state index in [2.05, 4.69) is 17.4 Å². The normalized spacial score (nSPS) is 9.62. The third-order valence-corrected chi connectivity index (χ3v) is 2.62. The van der Waals surface area contributed by atoms with Crippen molar-refractivity contribution in [2.45, 2.75) is 5.75 Å². The van der Waals surface area contributed by atoms with E-state index in [1.165, 1.54) is 10.6 Å². The molecule has 0 aliphatic rings. The SMILES string of the molecule is CN(CSCc1ccccc1)N=O. The third kappa shape index (κ3) is 3.94. The summed E-state index contributed by atoms with van der Waals surface area (Å²) in [5, 5.41) is 4.16. The maximum atomic E-state index is 10.0. The molecule has 4 heteroatoms. The van der Waals surface area contributed by atoms with Gasteiger partial charge in [-0.3, -0.25) is 5.01 Å². The molecule has 0 aliphatic heterocycles. The van der Waals surface area contributed by atoms with E-state index in [-0.39, 0.29) is 0 Å². The van der Waals surface area contributed by atoms with E-state index in [0.717, 1.165) is 5.75 Å². The first-order chi connectivity index (χ1) is 6.33. The summed E-state index contributed by atoms with van der Waals surface area (Å²) >= 11 is 1.67. The summed E-state index contributed by atoms with van der Waals surface area (Å²) < 4.78 is 0. The van der Waals surface area contributed by atoms with Gasteiger partial charge >= 0.3 is 0 Å². The predicted molar refractivity (Wildman–Crippen MR) is 56.2 cm³/mol. The topological polar surface area (TPSA) is 32.7 Å². The van der Waals surface area contributed by atoms with Gasteiger partial charge in [0.1, 0.15) is 0 Å². The number of nitrogens with zero attached hydrogens (tertiary/aromatic N) is 2. The van der Waals surface area contributed by atoms with Crippen molar-refractivity contribution in [1.29, 1.82) is 0 Å². The lowest BCUT2D eigenvalue weighted by atomic mass is 10.2. The molecule has 0 N–H and O–H groups in total. The van der Waals surface area contributed by atoms with Crippen molar-refractivity contribution in [3.8, 4) is 0 Å². The van der Waals surface area contributed by atoms with Gasteiger partial charge in [-0.15, -0.1) is 16.7 Å². The largest absolute Gasteiger partial charge is 0.254 e. The molecular formula is C9H12N2OS. The molecule has 1 rings (SSSR count). The molecule has 0 aromatic heterocycles. The van der Waals surface area contributed by atoms with Gasteiger partial charge in [0.05, 0.1) is 11.2 Å². The van der Waals surface area contributed by atoms with E-state index in [1.54, 1.807) is 18.8 Å². The smallest absolute Gasteiger partial charge is 0.0846 e. The van der Waals surface area contributed by atoms with Crippen LogP contribution in [0.15, 0.2) is 35.6 Å². The standard InChI is InChI=1S/C9H12N2OS/c1-11(10-12)8-13-7-9-5-3-2-4-6-9/h2-6H,7-8H2,1H3. The van der Waals surface area contributed by atoms with Gasteiger partial charge in [-0.05, 0) is 5.56 Å². The second-order valence-electron chi connectivity index (χ2n) is 2.70. The maximum absolute atomic E-state index is 10.0. The van der Waals surface area contributed by atoms with Crippen molar-refractivity contribution in [1.82, 2.24) is 5.01 Å². The Balaban J connectivity index is 2.24. The van der Waals surface area contributed by atoms with Crippen molar-refractivity contribution in [2.75, 3.05) is 12.9 Å². The Bertz CT molecular complexity index is 253. The number of hydrogen-bond donors (Lipinski definition) is 0. The molecule has 0 spiro atoms. The van der Waals surface area contributed by atoms with Crippen LogP contribution in [-0.2, 0) is 5.75 Å². The number of hydrogen-bond acceptors (Lipinski definition) is 3. The monoisotopic (exact) mass is 196 g/mol. The predicted octanol–water partition coefficient (Wildman–Crippen LogP) is 2.49. The van der Waals surface area contributed by atoms with Crippen LogP contribution in [-0.4, -0.2) is 17.9 Å². The highest BCUT2D eigenvalue weighted by atomic mass is 32.2. The third-order valence-electron chi connectivity index (χ3n) is 1.53. The van der Waals surface area contributed by atoms with Gasteiger partial charge in [0.25, 0.3) is 0 Å². The lowest BCUT2D eigenvalue weighted by Crippen LogP contribution is -2.08. The van der Waals surface area contributed by atoms with Crippen LogP contribution in [0.25, 0.3) is 0 Å². The summed E-state index contributed by atoms with van der Waals surface area (Å²) in [4.78, 5) is 10.0. The van der Waals surface area contributed by atoms with E-state index in [4.69, 9.17) is 0 Å². The van der Waals surface area contributed by atoms with Gasteiger partial charge in [-0.1, -0.05) is 30.3 Å². The van der Waals surface area contributed by atoms with Gasteiger partial charge in [-0.2, -0.15) is 0 Å². The van der Waals surface area contributed by atoms with Crippen molar-refractivity contribution in [3.05, 3.63) is 40.8 Å². The van der Waals surface area contributed by atoms with Crippen molar-refractivity contribution in [2.24, 2.45) is 5.29 Å². The van der Waals surface area contributed by atoms with Crippen LogP contribution < -0.4 is 0 Å². The van der Waals surface area contributed by atoms with Gasteiger partial charge in [0, 0.05) is 12.8 Å². The lowest BCUT2D eigenvalue weighted by molar-refractivity contribution is 0.414. The molecule has 3 nitrogen and oxygen atoms in total. The molecule has 0 radical (unpaired) electrons. The van der Waals surface area contributed by atoms with Crippen LogP contribution in [0.1, 0.15) is 5.56 Å². The molecule has 0 fully saturated rings. The quantitative estimate of drug-likeness (QED) is 0.412. The van der Waals surface area contributed by atoms with Crippen molar-refractivity contribution < 1.29 is 0 Å². The second kappa shape index (κ2) is 5.59. The fourth-order valence-corrected chi connectivity index (χ4v) is 1.72. The highest BCUT2D eigenvalue weighted by Gasteiger charge is 1.95. The van der Waals surface area contributed by atoms with E-state index >= 15 is 0 Å². The zero-order valence-electron chi connectivity index (χ0n) is 7.51. The minimum atomic E-state index is 0.637. The van der Waals surface area contributed by atoms with Gasteiger partial charge in [0.15, 0.2) is 0 Å². The molecule has 70 valence electrons. The Morgan fingerprint density at radius 1 is 1.38 bits per heavy atom. The number of rotatable bonds is 5. The van der Waals surface area contributed by atoms with Crippen LogP contribution in [0.5, 0.6) is 0 Å². The molecule has 1 aromatic rings. The van der Waals surface area contributed by atoms with Gasteiger partial charge < -0.3 is 0 Å². The average molecular weight is 196 g/mol. The second-order valence-corrected chi connectivity index (χ2v) is 3.66. The Morgan fingerprint density at radius 2 is 2.08 bits per heavy atom. The van der Waals surface area contributed by atoms with E-state index in [1.807, 2.05) is 18.2 Å². The van der Waals surface area contributed by atoms with Crippen LogP contribution in [0, 0.1) is 4.91 Å². The van der Waals surface area contributed by atoms with Crippen molar-refractivity contribution in [3.63, 3.8) is 0 Å². The van der Waals surface area contributed by atoms with Gasteiger partial charge in [-0.25, -0.2) is 0 Å². The van der Waals surface area contributed by atoms with Crippen LogP contribution in [0.2, 0.25) is 0 Å². The molecule has 0 amide bonds. The van der Waals surface area contributed by atoms with E-state index in [0.29, 0.717) is 5.88 Å². The molecule has 0 bridgehead atoms. The summed E-state index contributed by atoms with van der Waals surface area (Å²) in [6.45, 7) is 0.